The first-order chi connectivity index (χ1) is 12.2. The van der Waals surface area contributed by atoms with Gasteiger partial charge in [-0.05, 0) is 66.0 Å². The number of nitrogens with one attached hydrogen (secondary N) is 2. The summed E-state index contributed by atoms with van der Waals surface area (Å²) in [5.74, 6) is -1.78. The minimum absolute atomic E-state index is 0.0000264. The number of rotatable bonds is 4. The molecule has 0 radical (unpaired) electrons. The minimum atomic E-state index is -1.14. The maximum absolute atomic E-state index is 12.3. The molecular formula is C16H12IN3O5S. The number of halogens is 1. The Labute approximate surface area is 166 Å². The summed E-state index contributed by atoms with van der Waals surface area (Å²) in [6.45, 7) is 1.46. The molecular weight excluding hydrogens is 473 g/mol. The van der Waals surface area contributed by atoms with Crippen LogP contribution in [-0.2, 0) is 0 Å². The molecule has 0 unspecified atom stereocenters. The number of amides is 1. The molecule has 8 nitrogen and oxygen atoms in total. The first-order valence-electron chi connectivity index (χ1n) is 7.10. The van der Waals surface area contributed by atoms with Crippen molar-refractivity contribution in [1.29, 1.82) is 0 Å². The van der Waals surface area contributed by atoms with Crippen molar-refractivity contribution >= 4 is 63.2 Å². The van der Waals surface area contributed by atoms with E-state index in [2.05, 4.69) is 10.6 Å². The lowest BCUT2D eigenvalue weighted by Crippen LogP contribution is -2.35. The molecule has 2 rings (SSSR count). The second kappa shape index (κ2) is 8.19. The average Bonchev–Trinajstić information content (AvgIpc) is 2.56. The molecule has 0 aliphatic heterocycles. The van der Waals surface area contributed by atoms with Crippen LogP contribution in [-0.4, -0.2) is 27.0 Å². The summed E-state index contributed by atoms with van der Waals surface area (Å²) in [5.41, 5.74) is 0.351. The van der Waals surface area contributed by atoms with E-state index in [-0.39, 0.29) is 33.2 Å². The Morgan fingerprint density at radius 3 is 2.54 bits per heavy atom. The molecule has 0 saturated heterocycles. The van der Waals surface area contributed by atoms with Gasteiger partial charge >= 0.3 is 5.97 Å². The van der Waals surface area contributed by atoms with E-state index in [1.807, 2.05) is 22.6 Å². The number of aromatic carboxylic acids is 1. The van der Waals surface area contributed by atoms with E-state index >= 15 is 0 Å². The molecule has 0 aliphatic carbocycles. The standard InChI is InChI=1S/C16H12IN3O5S/c1-8-10(3-2-4-13(8)20(24)25)14(21)19-16(26)18-12-6-5-9(17)7-11(12)15(22)23/h2-7H,1H3,(H,22,23)(H2,18,19,21,26). The van der Waals surface area contributed by atoms with E-state index in [1.165, 1.54) is 37.3 Å². The Kier molecular flexibility index (Phi) is 6.21. The highest BCUT2D eigenvalue weighted by Crippen LogP contribution is 2.21. The summed E-state index contributed by atoms with van der Waals surface area (Å²) < 4.78 is 0.729. The number of nitrogens with zero attached hydrogens (tertiary/aromatic N) is 1. The van der Waals surface area contributed by atoms with E-state index < -0.39 is 16.8 Å². The maximum atomic E-state index is 12.3. The van der Waals surface area contributed by atoms with Crippen LogP contribution in [0.15, 0.2) is 36.4 Å². The Morgan fingerprint density at radius 2 is 1.92 bits per heavy atom. The van der Waals surface area contributed by atoms with Gasteiger partial charge in [0.15, 0.2) is 5.11 Å². The van der Waals surface area contributed by atoms with Gasteiger partial charge in [-0.3, -0.25) is 20.2 Å². The summed E-state index contributed by atoms with van der Waals surface area (Å²) in [4.78, 5) is 34.0. The van der Waals surface area contributed by atoms with Gasteiger partial charge in [0.25, 0.3) is 11.6 Å². The lowest BCUT2D eigenvalue weighted by atomic mass is 10.1. The van der Waals surface area contributed by atoms with Gasteiger partial charge in [0.05, 0.1) is 16.2 Å². The van der Waals surface area contributed by atoms with Crippen LogP contribution in [0.4, 0.5) is 11.4 Å². The van der Waals surface area contributed by atoms with Crippen LogP contribution in [0.2, 0.25) is 0 Å². The maximum Gasteiger partial charge on any atom is 0.337 e. The monoisotopic (exact) mass is 485 g/mol. The van der Waals surface area contributed by atoms with Crippen molar-refractivity contribution in [2.45, 2.75) is 6.92 Å². The number of nitro groups is 1. The van der Waals surface area contributed by atoms with Crippen LogP contribution in [0.25, 0.3) is 0 Å². The molecule has 134 valence electrons. The number of carboxylic acids is 1. The lowest BCUT2D eigenvalue weighted by molar-refractivity contribution is -0.385. The van der Waals surface area contributed by atoms with Gasteiger partial charge in [-0.25, -0.2) is 4.79 Å². The van der Waals surface area contributed by atoms with Crippen molar-refractivity contribution in [1.82, 2.24) is 5.32 Å². The molecule has 0 heterocycles. The molecule has 1 amide bonds. The number of anilines is 1. The van der Waals surface area contributed by atoms with Crippen LogP contribution in [0.5, 0.6) is 0 Å². The molecule has 0 spiro atoms. The van der Waals surface area contributed by atoms with E-state index in [9.17, 15) is 24.8 Å². The Balaban J connectivity index is 2.19. The topological polar surface area (TPSA) is 122 Å². The third-order valence-corrected chi connectivity index (χ3v) is 4.31. The molecule has 0 bridgehead atoms. The zero-order chi connectivity index (χ0) is 19.4. The first kappa shape index (κ1) is 19.7. The fourth-order valence-corrected chi connectivity index (χ4v) is 2.89. The Hall–Kier alpha value is -2.60. The van der Waals surface area contributed by atoms with Gasteiger partial charge < -0.3 is 10.4 Å². The SMILES string of the molecule is Cc1c(C(=O)NC(=S)Nc2ccc(I)cc2C(=O)O)cccc1[N+](=O)[O-]. The second-order valence-corrected chi connectivity index (χ2v) is 6.76. The number of nitro benzene ring substituents is 1. The van der Waals surface area contributed by atoms with Crippen molar-refractivity contribution in [3.63, 3.8) is 0 Å². The third kappa shape index (κ3) is 4.52. The molecule has 0 saturated carbocycles. The highest BCUT2D eigenvalue weighted by Gasteiger charge is 2.19. The fraction of sp³-hybridized carbons (Fsp3) is 0.0625. The zero-order valence-electron chi connectivity index (χ0n) is 13.3. The second-order valence-electron chi connectivity index (χ2n) is 5.11. The molecule has 10 heteroatoms. The quantitative estimate of drug-likeness (QED) is 0.263. The van der Waals surface area contributed by atoms with Crippen LogP contribution >= 0.6 is 34.8 Å². The van der Waals surface area contributed by atoms with Crippen molar-refractivity contribution < 1.29 is 19.6 Å². The summed E-state index contributed by atoms with van der Waals surface area (Å²) in [6, 6.07) is 8.81. The number of hydrogen-bond acceptors (Lipinski definition) is 5. The number of carbonyl (C=O) groups excluding carboxylic acids is 1. The number of thiocarbonyl (C=S) groups is 1. The smallest absolute Gasteiger partial charge is 0.337 e. The van der Waals surface area contributed by atoms with Gasteiger partial charge in [-0.15, -0.1) is 0 Å². The molecule has 2 aromatic rings. The van der Waals surface area contributed by atoms with E-state index in [1.54, 1.807) is 6.07 Å². The van der Waals surface area contributed by atoms with E-state index in [0.29, 0.717) is 0 Å². The molecule has 0 atom stereocenters. The molecule has 2 aromatic carbocycles. The normalized spacial score (nSPS) is 10.1. The predicted octanol–water partition coefficient (Wildman–Crippen LogP) is 3.33. The molecule has 0 fully saturated rings. The van der Waals surface area contributed by atoms with Gasteiger partial charge in [-0.1, -0.05) is 6.07 Å². The summed E-state index contributed by atoms with van der Waals surface area (Å²) in [7, 11) is 0. The highest BCUT2D eigenvalue weighted by atomic mass is 127. The first-order valence-corrected chi connectivity index (χ1v) is 8.58. The van der Waals surface area contributed by atoms with Crippen molar-refractivity contribution in [3.05, 3.63) is 66.8 Å². The number of carbonyl (C=O) groups is 2. The van der Waals surface area contributed by atoms with Crippen molar-refractivity contribution in [2.24, 2.45) is 0 Å². The fourth-order valence-electron chi connectivity index (χ4n) is 2.19. The van der Waals surface area contributed by atoms with E-state index in [4.69, 9.17) is 12.2 Å². The lowest BCUT2D eigenvalue weighted by Gasteiger charge is -2.13. The van der Waals surface area contributed by atoms with Crippen LogP contribution in [0, 0.1) is 20.6 Å². The van der Waals surface area contributed by atoms with Crippen LogP contribution < -0.4 is 10.6 Å². The zero-order valence-corrected chi connectivity index (χ0v) is 16.3. The summed E-state index contributed by atoms with van der Waals surface area (Å²) >= 11 is 7.03. The number of hydrogen-bond donors (Lipinski definition) is 3. The predicted molar refractivity (Wildman–Crippen MR) is 108 cm³/mol. The van der Waals surface area contributed by atoms with Crippen LogP contribution in [0.3, 0.4) is 0 Å². The van der Waals surface area contributed by atoms with Gasteiger partial charge in [0, 0.05) is 20.8 Å². The number of carboxylic acid groups (broad SMARTS) is 1. The minimum Gasteiger partial charge on any atom is -0.478 e. The molecule has 26 heavy (non-hydrogen) atoms. The van der Waals surface area contributed by atoms with Crippen molar-refractivity contribution in [2.75, 3.05) is 5.32 Å². The molecule has 0 aliphatic rings. The summed E-state index contributed by atoms with van der Waals surface area (Å²) in [5, 5.41) is 25.1. The van der Waals surface area contributed by atoms with E-state index in [0.717, 1.165) is 3.57 Å². The molecule has 3 N–H and O–H groups in total. The summed E-state index contributed by atoms with van der Waals surface area (Å²) in [6.07, 6.45) is 0. The third-order valence-electron chi connectivity index (χ3n) is 3.43. The number of benzene rings is 2. The Morgan fingerprint density at radius 1 is 1.23 bits per heavy atom. The largest absolute Gasteiger partial charge is 0.478 e. The van der Waals surface area contributed by atoms with Crippen molar-refractivity contribution in [3.8, 4) is 0 Å². The Bertz CT molecular complexity index is 932. The van der Waals surface area contributed by atoms with Gasteiger partial charge in [-0.2, -0.15) is 0 Å². The van der Waals surface area contributed by atoms with Gasteiger partial charge in [0.1, 0.15) is 0 Å². The highest BCUT2D eigenvalue weighted by molar-refractivity contribution is 14.1. The molecule has 0 aromatic heterocycles. The van der Waals surface area contributed by atoms with Crippen LogP contribution in [0.1, 0.15) is 26.3 Å². The van der Waals surface area contributed by atoms with Gasteiger partial charge in [0.2, 0.25) is 0 Å². The average molecular weight is 485 g/mol.